The first kappa shape index (κ1) is 16.8. The van der Waals surface area contributed by atoms with Crippen LogP contribution in [0.25, 0.3) is 0 Å². The van der Waals surface area contributed by atoms with E-state index >= 15 is 0 Å². The van der Waals surface area contributed by atoms with Crippen molar-refractivity contribution in [3.8, 4) is 5.75 Å². The molecule has 1 aromatic carbocycles. The van der Waals surface area contributed by atoms with E-state index in [4.69, 9.17) is 16.3 Å². The normalized spacial score (nSPS) is 10.4. The molecule has 0 aliphatic rings. The number of rotatable bonds is 5. The minimum absolute atomic E-state index is 0.00912. The molecule has 8 nitrogen and oxygen atoms in total. The highest BCUT2D eigenvalue weighted by atomic mass is 35.5. The second-order valence-electron chi connectivity index (χ2n) is 4.69. The summed E-state index contributed by atoms with van der Waals surface area (Å²) < 4.78 is 6.69. The van der Waals surface area contributed by atoms with E-state index in [1.54, 1.807) is 20.9 Å². The number of amides is 1. The van der Waals surface area contributed by atoms with Crippen LogP contribution in [0.5, 0.6) is 5.75 Å². The van der Waals surface area contributed by atoms with Crippen LogP contribution in [0.15, 0.2) is 18.2 Å². The molecule has 2 aromatic rings. The molecule has 0 spiro atoms. The fraction of sp³-hybridized carbons (Fsp3) is 0.286. The summed E-state index contributed by atoms with van der Waals surface area (Å²) in [5.74, 6) is -0.269. The average Bonchev–Trinajstić information content (AvgIpc) is 2.76. The highest BCUT2D eigenvalue weighted by molar-refractivity contribution is 6.34. The van der Waals surface area contributed by atoms with Crippen LogP contribution >= 0.6 is 11.6 Å². The number of carbonyl (C=O) groups is 1. The minimum Gasteiger partial charge on any atom is -0.494 e. The largest absolute Gasteiger partial charge is 0.494 e. The quantitative estimate of drug-likeness (QED) is 0.667. The topological polar surface area (TPSA) is 99.3 Å². The minimum atomic E-state index is -0.619. The van der Waals surface area contributed by atoms with E-state index < -0.39 is 10.8 Å². The van der Waals surface area contributed by atoms with Crippen molar-refractivity contribution < 1.29 is 14.5 Å². The summed E-state index contributed by atoms with van der Waals surface area (Å²) in [6.07, 6.45) is 0. The lowest BCUT2D eigenvalue weighted by molar-refractivity contribution is -0.384. The van der Waals surface area contributed by atoms with E-state index in [1.807, 2.05) is 0 Å². The van der Waals surface area contributed by atoms with Crippen LogP contribution in [0.4, 0.5) is 11.4 Å². The number of halogens is 1. The SMILES string of the molecule is CCOc1ccc(NC(=O)c2nn(C)c(C)c2Cl)c([N+](=O)[O-])c1. The van der Waals surface area contributed by atoms with Crippen LogP contribution in [-0.4, -0.2) is 27.2 Å². The van der Waals surface area contributed by atoms with Crippen LogP contribution in [0, 0.1) is 17.0 Å². The lowest BCUT2D eigenvalue weighted by atomic mass is 10.2. The number of carbonyl (C=O) groups excluding carboxylic acids is 1. The highest BCUT2D eigenvalue weighted by Gasteiger charge is 2.22. The monoisotopic (exact) mass is 338 g/mol. The van der Waals surface area contributed by atoms with Gasteiger partial charge in [0.2, 0.25) is 0 Å². The second kappa shape index (κ2) is 6.66. The maximum absolute atomic E-state index is 12.3. The molecule has 9 heteroatoms. The third kappa shape index (κ3) is 3.42. The number of nitro groups is 1. The van der Waals surface area contributed by atoms with E-state index in [-0.39, 0.29) is 22.1 Å². The predicted molar refractivity (Wildman–Crippen MR) is 85.2 cm³/mol. The molecule has 0 aliphatic heterocycles. The molecule has 0 atom stereocenters. The Morgan fingerprint density at radius 2 is 2.22 bits per heavy atom. The second-order valence-corrected chi connectivity index (χ2v) is 5.07. The standard InChI is InChI=1S/C14H15ClN4O4/c1-4-23-9-5-6-10(11(7-9)19(21)22)16-14(20)13-12(15)8(2)18(3)17-13/h5-7H,4H2,1-3H3,(H,16,20). The molecule has 0 bridgehead atoms. The average molecular weight is 339 g/mol. The Balaban J connectivity index is 2.33. The lowest BCUT2D eigenvalue weighted by Crippen LogP contribution is -2.14. The van der Waals surface area contributed by atoms with Gasteiger partial charge in [-0.05, 0) is 26.0 Å². The fourth-order valence-electron chi connectivity index (χ4n) is 1.93. The number of aryl methyl sites for hydroxylation is 1. The molecule has 0 unspecified atom stereocenters. The molecule has 0 saturated carbocycles. The Morgan fingerprint density at radius 3 is 2.74 bits per heavy atom. The maximum atomic E-state index is 12.3. The fourth-order valence-corrected chi connectivity index (χ4v) is 2.18. The van der Waals surface area contributed by atoms with E-state index in [0.29, 0.717) is 18.1 Å². The number of anilines is 1. The van der Waals surface area contributed by atoms with Crippen molar-refractivity contribution in [2.75, 3.05) is 11.9 Å². The Bertz CT molecular complexity index is 772. The van der Waals surface area contributed by atoms with Gasteiger partial charge in [0.05, 0.1) is 28.3 Å². The van der Waals surface area contributed by atoms with E-state index in [9.17, 15) is 14.9 Å². The summed E-state index contributed by atoms with van der Waals surface area (Å²) in [5.41, 5.74) is 0.406. The van der Waals surface area contributed by atoms with Gasteiger partial charge in [0.25, 0.3) is 11.6 Å². The van der Waals surface area contributed by atoms with E-state index in [1.165, 1.54) is 22.9 Å². The molecule has 23 heavy (non-hydrogen) atoms. The van der Waals surface area contributed by atoms with E-state index in [2.05, 4.69) is 10.4 Å². The van der Waals surface area contributed by atoms with Crippen molar-refractivity contribution in [3.63, 3.8) is 0 Å². The van der Waals surface area contributed by atoms with Gasteiger partial charge in [-0.15, -0.1) is 0 Å². The van der Waals surface area contributed by atoms with Gasteiger partial charge in [0.15, 0.2) is 5.69 Å². The number of nitro benzene ring substituents is 1. The summed E-state index contributed by atoms with van der Waals surface area (Å²) in [6, 6.07) is 4.20. The first-order chi connectivity index (χ1) is 10.8. The molecule has 1 amide bonds. The van der Waals surface area contributed by atoms with Crippen molar-refractivity contribution in [1.29, 1.82) is 0 Å². The molecule has 122 valence electrons. The summed E-state index contributed by atoms with van der Waals surface area (Å²) in [4.78, 5) is 22.8. The first-order valence-electron chi connectivity index (χ1n) is 6.76. The number of ether oxygens (including phenoxy) is 1. The zero-order valence-corrected chi connectivity index (χ0v) is 13.5. The number of hydrogen-bond acceptors (Lipinski definition) is 5. The molecule has 0 saturated heterocycles. The van der Waals surface area contributed by atoms with Crippen molar-refractivity contribution in [2.24, 2.45) is 7.05 Å². The molecule has 1 aromatic heterocycles. The van der Waals surface area contributed by atoms with Gasteiger partial charge in [-0.25, -0.2) is 0 Å². The van der Waals surface area contributed by atoms with Crippen molar-refractivity contribution in [3.05, 3.63) is 44.7 Å². The molecule has 1 heterocycles. The van der Waals surface area contributed by atoms with Crippen LogP contribution < -0.4 is 10.1 Å². The maximum Gasteiger partial charge on any atom is 0.296 e. The number of nitrogens with one attached hydrogen (secondary N) is 1. The Hall–Kier alpha value is -2.61. The highest BCUT2D eigenvalue weighted by Crippen LogP contribution is 2.30. The van der Waals surface area contributed by atoms with Gasteiger partial charge < -0.3 is 10.1 Å². The van der Waals surface area contributed by atoms with E-state index in [0.717, 1.165) is 0 Å². The van der Waals surface area contributed by atoms with Crippen LogP contribution in [0.2, 0.25) is 5.02 Å². The Labute approximate surface area is 137 Å². The summed E-state index contributed by atoms with van der Waals surface area (Å²) in [7, 11) is 1.65. The Kier molecular flexibility index (Phi) is 4.85. The third-order valence-corrected chi connectivity index (χ3v) is 3.65. The Morgan fingerprint density at radius 1 is 1.52 bits per heavy atom. The third-order valence-electron chi connectivity index (χ3n) is 3.20. The molecule has 0 fully saturated rings. The van der Waals surface area contributed by atoms with Gasteiger partial charge in [-0.3, -0.25) is 19.6 Å². The lowest BCUT2D eigenvalue weighted by Gasteiger charge is -2.07. The number of hydrogen-bond donors (Lipinski definition) is 1. The van der Waals surface area contributed by atoms with Gasteiger partial charge >= 0.3 is 0 Å². The van der Waals surface area contributed by atoms with Gasteiger partial charge in [-0.2, -0.15) is 5.10 Å². The summed E-state index contributed by atoms with van der Waals surface area (Å²) >= 11 is 6.05. The molecule has 1 N–H and O–H groups in total. The predicted octanol–water partition coefficient (Wildman–Crippen LogP) is 2.94. The number of aromatic nitrogens is 2. The van der Waals surface area contributed by atoms with Gasteiger partial charge in [0.1, 0.15) is 11.4 Å². The number of nitrogens with zero attached hydrogens (tertiary/aromatic N) is 3. The molecular formula is C14H15ClN4O4. The summed E-state index contributed by atoms with van der Waals surface area (Å²) in [6.45, 7) is 3.87. The zero-order chi connectivity index (χ0) is 17.1. The molecule has 0 radical (unpaired) electrons. The van der Waals surface area contributed by atoms with Crippen molar-refractivity contribution >= 4 is 28.9 Å². The molecular weight excluding hydrogens is 324 g/mol. The van der Waals surface area contributed by atoms with Crippen molar-refractivity contribution in [1.82, 2.24) is 9.78 Å². The number of benzene rings is 1. The smallest absolute Gasteiger partial charge is 0.296 e. The van der Waals surface area contributed by atoms with Crippen LogP contribution in [0.3, 0.4) is 0 Å². The van der Waals surface area contributed by atoms with Crippen molar-refractivity contribution in [2.45, 2.75) is 13.8 Å². The molecule has 0 aliphatic carbocycles. The molecule has 2 rings (SSSR count). The zero-order valence-electron chi connectivity index (χ0n) is 12.8. The van der Waals surface area contributed by atoms with Gasteiger partial charge in [0, 0.05) is 7.05 Å². The van der Waals surface area contributed by atoms with Crippen LogP contribution in [0.1, 0.15) is 23.1 Å². The van der Waals surface area contributed by atoms with Crippen LogP contribution in [-0.2, 0) is 7.05 Å². The summed E-state index contributed by atoms with van der Waals surface area (Å²) in [5, 5.41) is 17.8. The van der Waals surface area contributed by atoms with Gasteiger partial charge in [-0.1, -0.05) is 11.6 Å². The first-order valence-corrected chi connectivity index (χ1v) is 7.14.